The first-order valence-electron chi connectivity index (χ1n) is 6.63. The molecule has 2 aliphatic rings. The van der Waals surface area contributed by atoms with Crippen LogP contribution in [-0.4, -0.2) is 36.6 Å². The van der Waals surface area contributed by atoms with Crippen molar-refractivity contribution in [2.75, 3.05) is 19.8 Å². The molecule has 2 saturated heterocycles. The van der Waals surface area contributed by atoms with Crippen molar-refractivity contribution in [3.8, 4) is 0 Å². The van der Waals surface area contributed by atoms with Crippen LogP contribution in [0, 0.1) is 5.92 Å². The third kappa shape index (κ3) is 3.19. The molecule has 94 valence electrons. The summed E-state index contributed by atoms with van der Waals surface area (Å²) in [5.74, 6) is 0.648. The van der Waals surface area contributed by atoms with Gasteiger partial charge >= 0.3 is 0 Å². The van der Waals surface area contributed by atoms with Gasteiger partial charge in [-0.25, -0.2) is 0 Å². The van der Waals surface area contributed by atoms with Gasteiger partial charge in [0.2, 0.25) is 0 Å². The van der Waals surface area contributed by atoms with Gasteiger partial charge in [-0.15, -0.1) is 0 Å². The van der Waals surface area contributed by atoms with E-state index in [0.717, 1.165) is 58.3 Å². The van der Waals surface area contributed by atoms with E-state index in [0.29, 0.717) is 5.92 Å². The standard InChI is InChI=1S/C13H24O3/c1-2-12-10-13(14,5-8-16-12)9-11-3-6-15-7-4-11/h11-12,14H,2-10H2,1H3. The van der Waals surface area contributed by atoms with Crippen LogP contribution in [-0.2, 0) is 9.47 Å². The van der Waals surface area contributed by atoms with Gasteiger partial charge in [0.05, 0.1) is 11.7 Å². The summed E-state index contributed by atoms with van der Waals surface area (Å²) in [6.07, 6.45) is 6.06. The number of ether oxygens (including phenoxy) is 2. The summed E-state index contributed by atoms with van der Waals surface area (Å²) in [6.45, 7) is 4.59. The molecular weight excluding hydrogens is 204 g/mol. The van der Waals surface area contributed by atoms with Crippen LogP contribution in [0.4, 0.5) is 0 Å². The number of rotatable bonds is 3. The highest BCUT2D eigenvalue weighted by molar-refractivity contribution is 4.88. The van der Waals surface area contributed by atoms with Crippen molar-refractivity contribution in [1.29, 1.82) is 0 Å². The van der Waals surface area contributed by atoms with Crippen LogP contribution in [0.25, 0.3) is 0 Å². The first kappa shape index (κ1) is 12.3. The molecule has 2 atom stereocenters. The zero-order valence-corrected chi connectivity index (χ0v) is 10.3. The van der Waals surface area contributed by atoms with Gasteiger partial charge in [0.15, 0.2) is 0 Å². The lowest BCUT2D eigenvalue weighted by Gasteiger charge is -2.39. The van der Waals surface area contributed by atoms with Gasteiger partial charge in [-0.05, 0) is 38.0 Å². The van der Waals surface area contributed by atoms with Crippen molar-refractivity contribution < 1.29 is 14.6 Å². The van der Waals surface area contributed by atoms with Crippen LogP contribution >= 0.6 is 0 Å². The molecule has 0 saturated carbocycles. The second kappa shape index (κ2) is 5.48. The van der Waals surface area contributed by atoms with Gasteiger partial charge in [0.1, 0.15) is 0 Å². The first-order valence-corrected chi connectivity index (χ1v) is 6.63. The van der Waals surface area contributed by atoms with Crippen molar-refractivity contribution in [3.63, 3.8) is 0 Å². The Morgan fingerprint density at radius 1 is 1.25 bits per heavy atom. The fourth-order valence-electron chi connectivity index (χ4n) is 2.94. The molecule has 16 heavy (non-hydrogen) atoms. The van der Waals surface area contributed by atoms with Crippen LogP contribution in [0.2, 0.25) is 0 Å². The smallest absolute Gasteiger partial charge is 0.0697 e. The minimum Gasteiger partial charge on any atom is -0.390 e. The fraction of sp³-hybridized carbons (Fsp3) is 1.00. The van der Waals surface area contributed by atoms with Crippen molar-refractivity contribution in [3.05, 3.63) is 0 Å². The quantitative estimate of drug-likeness (QED) is 0.804. The van der Waals surface area contributed by atoms with Gasteiger partial charge in [-0.1, -0.05) is 6.92 Å². The SMILES string of the molecule is CCC1CC(O)(CC2CCOCC2)CCO1. The lowest BCUT2D eigenvalue weighted by atomic mass is 9.79. The highest BCUT2D eigenvalue weighted by atomic mass is 16.5. The molecule has 2 rings (SSSR count). The molecule has 2 unspecified atom stereocenters. The minimum atomic E-state index is -0.471. The van der Waals surface area contributed by atoms with Crippen LogP contribution in [0.1, 0.15) is 45.4 Å². The first-order chi connectivity index (χ1) is 7.72. The van der Waals surface area contributed by atoms with Gasteiger partial charge in [-0.2, -0.15) is 0 Å². The summed E-state index contributed by atoms with van der Waals surface area (Å²) in [7, 11) is 0. The summed E-state index contributed by atoms with van der Waals surface area (Å²) in [5.41, 5.74) is -0.471. The molecule has 0 amide bonds. The molecule has 2 aliphatic heterocycles. The van der Waals surface area contributed by atoms with Gasteiger partial charge in [-0.3, -0.25) is 0 Å². The molecule has 3 heteroatoms. The molecule has 0 spiro atoms. The van der Waals surface area contributed by atoms with Crippen molar-refractivity contribution in [2.24, 2.45) is 5.92 Å². The molecule has 0 aromatic heterocycles. The molecule has 0 aliphatic carbocycles. The average Bonchev–Trinajstić information content (AvgIpc) is 2.29. The van der Waals surface area contributed by atoms with E-state index >= 15 is 0 Å². The van der Waals surface area contributed by atoms with Gasteiger partial charge in [0.25, 0.3) is 0 Å². The van der Waals surface area contributed by atoms with E-state index in [1.165, 1.54) is 0 Å². The topological polar surface area (TPSA) is 38.7 Å². The Labute approximate surface area is 98.1 Å². The zero-order valence-electron chi connectivity index (χ0n) is 10.3. The van der Waals surface area contributed by atoms with E-state index in [4.69, 9.17) is 9.47 Å². The van der Waals surface area contributed by atoms with Crippen molar-refractivity contribution >= 4 is 0 Å². The van der Waals surface area contributed by atoms with Crippen molar-refractivity contribution in [1.82, 2.24) is 0 Å². The number of hydrogen-bond donors (Lipinski definition) is 1. The minimum absolute atomic E-state index is 0.263. The molecule has 0 aromatic rings. The van der Waals surface area contributed by atoms with E-state index in [1.807, 2.05) is 0 Å². The molecule has 0 aromatic carbocycles. The zero-order chi connectivity index (χ0) is 11.4. The van der Waals surface area contributed by atoms with E-state index in [9.17, 15) is 5.11 Å². The fourth-order valence-corrected chi connectivity index (χ4v) is 2.94. The largest absolute Gasteiger partial charge is 0.390 e. The maximum atomic E-state index is 10.6. The van der Waals surface area contributed by atoms with Crippen molar-refractivity contribution in [2.45, 2.75) is 57.2 Å². The van der Waals surface area contributed by atoms with E-state index < -0.39 is 5.60 Å². The Morgan fingerprint density at radius 2 is 2.00 bits per heavy atom. The maximum absolute atomic E-state index is 10.6. The summed E-state index contributed by atoms with van der Waals surface area (Å²) in [4.78, 5) is 0. The molecule has 2 fully saturated rings. The van der Waals surface area contributed by atoms with E-state index in [2.05, 4.69) is 6.92 Å². The summed E-state index contributed by atoms with van der Waals surface area (Å²) in [5, 5.41) is 10.6. The summed E-state index contributed by atoms with van der Waals surface area (Å²) < 4.78 is 11.0. The Balaban J connectivity index is 1.85. The third-order valence-corrected chi connectivity index (χ3v) is 3.99. The molecule has 3 nitrogen and oxygen atoms in total. The van der Waals surface area contributed by atoms with Crippen LogP contribution in [0.3, 0.4) is 0 Å². The molecule has 0 radical (unpaired) electrons. The molecule has 2 heterocycles. The van der Waals surface area contributed by atoms with Gasteiger partial charge < -0.3 is 14.6 Å². The predicted molar refractivity (Wildman–Crippen MR) is 62.4 cm³/mol. The second-order valence-electron chi connectivity index (χ2n) is 5.34. The number of hydrogen-bond acceptors (Lipinski definition) is 3. The lowest BCUT2D eigenvalue weighted by molar-refractivity contribution is -0.118. The highest BCUT2D eigenvalue weighted by Crippen LogP contribution is 2.34. The lowest BCUT2D eigenvalue weighted by Crippen LogP contribution is -2.42. The normalized spacial score (nSPS) is 37.5. The second-order valence-corrected chi connectivity index (χ2v) is 5.34. The van der Waals surface area contributed by atoms with Crippen LogP contribution in [0.15, 0.2) is 0 Å². The Hall–Kier alpha value is -0.120. The van der Waals surface area contributed by atoms with Gasteiger partial charge in [0, 0.05) is 26.2 Å². The van der Waals surface area contributed by atoms with Crippen LogP contribution in [0.5, 0.6) is 0 Å². The summed E-state index contributed by atoms with van der Waals surface area (Å²) in [6, 6.07) is 0. The van der Waals surface area contributed by atoms with Crippen LogP contribution < -0.4 is 0 Å². The monoisotopic (exact) mass is 228 g/mol. The number of aliphatic hydroxyl groups is 1. The highest BCUT2D eigenvalue weighted by Gasteiger charge is 2.36. The van der Waals surface area contributed by atoms with E-state index in [-0.39, 0.29) is 6.10 Å². The Kier molecular flexibility index (Phi) is 4.22. The predicted octanol–water partition coefficient (Wildman–Crippen LogP) is 2.12. The molecular formula is C13H24O3. The summed E-state index contributed by atoms with van der Waals surface area (Å²) >= 11 is 0. The molecule has 1 N–H and O–H groups in total. The average molecular weight is 228 g/mol. The Bertz CT molecular complexity index is 213. The molecule has 0 bridgehead atoms. The maximum Gasteiger partial charge on any atom is 0.0697 e. The Morgan fingerprint density at radius 3 is 2.69 bits per heavy atom. The third-order valence-electron chi connectivity index (χ3n) is 3.99. The van der Waals surface area contributed by atoms with E-state index in [1.54, 1.807) is 0 Å².